The van der Waals surface area contributed by atoms with E-state index in [1.54, 1.807) is 24.4 Å². The number of carbonyl (C=O) groups excluding carboxylic acids is 1. The van der Waals surface area contributed by atoms with E-state index in [4.69, 9.17) is 0 Å². The van der Waals surface area contributed by atoms with Gasteiger partial charge in [0.25, 0.3) is 5.91 Å². The lowest BCUT2D eigenvalue weighted by molar-refractivity contribution is 0.0950. The number of nitrogens with one attached hydrogen (secondary N) is 1. The zero-order valence-corrected chi connectivity index (χ0v) is 8.63. The molecule has 4 nitrogen and oxygen atoms in total. The summed E-state index contributed by atoms with van der Waals surface area (Å²) in [6.07, 6.45) is 3.11. The summed E-state index contributed by atoms with van der Waals surface area (Å²) < 4.78 is 0. The molecule has 0 saturated carbocycles. The Bertz CT molecular complexity index is 456. The molecule has 0 aliphatic carbocycles. The minimum atomic E-state index is -0.0980. The zero-order chi connectivity index (χ0) is 11.2. The number of hydrogen-bond donors (Lipinski definition) is 1. The predicted molar refractivity (Wildman–Crippen MR) is 59.6 cm³/mol. The van der Waals surface area contributed by atoms with Crippen molar-refractivity contribution in [3.8, 4) is 0 Å². The van der Waals surface area contributed by atoms with E-state index in [1.807, 2.05) is 18.2 Å². The Morgan fingerprint density at radius 3 is 2.69 bits per heavy atom. The van der Waals surface area contributed by atoms with Crippen LogP contribution in [0.2, 0.25) is 0 Å². The molecule has 0 bridgehead atoms. The molecule has 4 heteroatoms. The molecule has 16 heavy (non-hydrogen) atoms. The molecule has 0 aliphatic heterocycles. The van der Waals surface area contributed by atoms with Gasteiger partial charge in [0, 0.05) is 11.8 Å². The van der Waals surface area contributed by atoms with Gasteiger partial charge >= 0.3 is 0 Å². The van der Waals surface area contributed by atoms with E-state index in [0.29, 0.717) is 12.1 Å². The summed E-state index contributed by atoms with van der Waals surface area (Å²) >= 11 is 0. The van der Waals surface area contributed by atoms with Crippen LogP contribution in [0.25, 0.3) is 0 Å². The quantitative estimate of drug-likeness (QED) is 0.838. The Morgan fingerprint density at radius 2 is 2.00 bits per heavy atom. The molecule has 1 amide bonds. The normalized spacial score (nSPS) is 9.75. The summed E-state index contributed by atoms with van der Waals surface area (Å²) in [5.41, 5.74) is 1.44. The fraction of sp³-hybridized carbons (Fsp3) is 0.0833. The van der Waals surface area contributed by atoms with Gasteiger partial charge in [-0.05, 0) is 18.2 Å². The lowest BCUT2D eigenvalue weighted by Crippen LogP contribution is -2.23. The summed E-state index contributed by atoms with van der Waals surface area (Å²) in [5, 5.41) is 2.79. The molecule has 1 aromatic heterocycles. The van der Waals surface area contributed by atoms with Crippen LogP contribution < -0.4 is 5.32 Å². The maximum atomic E-state index is 11.7. The first-order valence-corrected chi connectivity index (χ1v) is 4.94. The number of rotatable bonds is 3. The molecule has 0 atom stereocenters. The smallest absolute Gasteiger partial charge is 0.251 e. The molecule has 0 saturated heterocycles. The molecular formula is C12H11N3O. The lowest BCUT2D eigenvalue weighted by atomic mass is 10.2. The van der Waals surface area contributed by atoms with Crippen molar-refractivity contribution in [2.24, 2.45) is 0 Å². The molecule has 1 heterocycles. The average Bonchev–Trinajstić information content (AvgIpc) is 2.38. The monoisotopic (exact) mass is 213 g/mol. The molecular weight excluding hydrogens is 202 g/mol. The van der Waals surface area contributed by atoms with Crippen LogP contribution in [0.3, 0.4) is 0 Å². The third kappa shape index (κ3) is 2.63. The van der Waals surface area contributed by atoms with Gasteiger partial charge in [-0.1, -0.05) is 18.2 Å². The van der Waals surface area contributed by atoms with Gasteiger partial charge in [-0.3, -0.25) is 4.79 Å². The van der Waals surface area contributed by atoms with Crippen molar-refractivity contribution < 1.29 is 4.79 Å². The number of carbonyl (C=O) groups is 1. The second-order valence-electron chi connectivity index (χ2n) is 3.25. The molecule has 0 aliphatic rings. The molecule has 0 unspecified atom stereocenters. The van der Waals surface area contributed by atoms with E-state index in [2.05, 4.69) is 15.3 Å². The molecule has 80 valence electrons. The van der Waals surface area contributed by atoms with Gasteiger partial charge in [-0.15, -0.1) is 0 Å². The first-order chi connectivity index (χ1) is 7.86. The van der Waals surface area contributed by atoms with Gasteiger partial charge in [-0.25, -0.2) is 9.97 Å². The number of amides is 1. The molecule has 1 aromatic carbocycles. The Balaban J connectivity index is 1.95. The van der Waals surface area contributed by atoms with Crippen molar-refractivity contribution in [1.82, 2.24) is 15.3 Å². The van der Waals surface area contributed by atoms with Crippen molar-refractivity contribution in [2.75, 3.05) is 0 Å². The van der Waals surface area contributed by atoms with Crippen LogP contribution >= 0.6 is 0 Å². The number of benzene rings is 1. The minimum Gasteiger partial charge on any atom is -0.346 e. The fourth-order valence-electron chi connectivity index (χ4n) is 1.29. The van der Waals surface area contributed by atoms with Gasteiger partial charge in [0.2, 0.25) is 0 Å². The van der Waals surface area contributed by atoms with Gasteiger partial charge < -0.3 is 5.32 Å². The van der Waals surface area contributed by atoms with Crippen molar-refractivity contribution in [3.63, 3.8) is 0 Å². The number of nitrogens with zero attached hydrogens (tertiary/aromatic N) is 2. The highest BCUT2D eigenvalue weighted by atomic mass is 16.1. The highest BCUT2D eigenvalue weighted by molar-refractivity contribution is 5.93. The van der Waals surface area contributed by atoms with Crippen molar-refractivity contribution >= 4 is 5.91 Å². The summed E-state index contributed by atoms with van der Waals surface area (Å²) in [7, 11) is 0. The van der Waals surface area contributed by atoms with E-state index in [0.717, 1.165) is 5.69 Å². The average molecular weight is 213 g/mol. The predicted octanol–water partition coefficient (Wildman–Crippen LogP) is 1.41. The number of aromatic nitrogens is 2. The second kappa shape index (κ2) is 5.02. The summed E-state index contributed by atoms with van der Waals surface area (Å²) in [6, 6.07) is 10.9. The summed E-state index contributed by atoms with van der Waals surface area (Å²) in [4.78, 5) is 19.5. The highest BCUT2D eigenvalue weighted by Gasteiger charge is 2.03. The Hall–Kier alpha value is -2.23. The first kappa shape index (κ1) is 10.3. The topological polar surface area (TPSA) is 54.9 Å². The van der Waals surface area contributed by atoms with Gasteiger partial charge in [0.05, 0.1) is 12.2 Å². The van der Waals surface area contributed by atoms with Crippen molar-refractivity contribution in [2.45, 2.75) is 6.54 Å². The Morgan fingerprint density at radius 1 is 1.19 bits per heavy atom. The summed E-state index contributed by atoms with van der Waals surface area (Å²) in [5.74, 6) is -0.0980. The molecule has 0 radical (unpaired) electrons. The van der Waals surface area contributed by atoms with Crippen LogP contribution in [0, 0.1) is 0 Å². The maximum Gasteiger partial charge on any atom is 0.251 e. The highest BCUT2D eigenvalue weighted by Crippen LogP contribution is 1.98. The van der Waals surface area contributed by atoms with E-state index in [1.165, 1.54) is 6.33 Å². The van der Waals surface area contributed by atoms with Gasteiger partial charge in [0.15, 0.2) is 0 Å². The SMILES string of the molecule is O=C(NCc1ccncn1)c1ccccc1. The molecule has 1 N–H and O–H groups in total. The van der Waals surface area contributed by atoms with E-state index in [-0.39, 0.29) is 5.91 Å². The van der Waals surface area contributed by atoms with Crippen LogP contribution in [0.15, 0.2) is 48.9 Å². The van der Waals surface area contributed by atoms with Crippen LogP contribution in [0.5, 0.6) is 0 Å². The van der Waals surface area contributed by atoms with Crippen LogP contribution in [-0.4, -0.2) is 15.9 Å². The molecule has 2 aromatic rings. The third-order valence-electron chi connectivity index (χ3n) is 2.11. The van der Waals surface area contributed by atoms with E-state index >= 15 is 0 Å². The zero-order valence-electron chi connectivity index (χ0n) is 8.63. The molecule has 0 fully saturated rings. The lowest BCUT2D eigenvalue weighted by Gasteiger charge is -2.03. The first-order valence-electron chi connectivity index (χ1n) is 4.94. The maximum absolute atomic E-state index is 11.7. The van der Waals surface area contributed by atoms with E-state index < -0.39 is 0 Å². The van der Waals surface area contributed by atoms with Crippen LogP contribution in [-0.2, 0) is 6.54 Å². The third-order valence-corrected chi connectivity index (χ3v) is 2.11. The minimum absolute atomic E-state index is 0.0980. The molecule has 2 rings (SSSR count). The van der Waals surface area contributed by atoms with Gasteiger partial charge in [-0.2, -0.15) is 0 Å². The second-order valence-corrected chi connectivity index (χ2v) is 3.25. The van der Waals surface area contributed by atoms with E-state index in [9.17, 15) is 4.79 Å². The largest absolute Gasteiger partial charge is 0.346 e. The van der Waals surface area contributed by atoms with Crippen LogP contribution in [0.4, 0.5) is 0 Å². The Kier molecular flexibility index (Phi) is 3.23. The van der Waals surface area contributed by atoms with Crippen molar-refractivity contribution in [1.29, 1.82) is 0 Å². The fourth-order valence-corrected chi connectivity index (χ4v) is 1.29. The van der Waals surface area contributed by atoms with Crippen molar-refractivity contribution in [3.05, 3.63) is 60.2 Å². The summed E-state index contributed by atoms with van der Waals surface area (Å²) in [6.45, 7) is 0.413. The standard InChI is InChI=1S/C12H11N3O/c16-12(10-4-2-1-3-5-10)14-8-11-6-7-13-9-15-11/h1-7,9H,8H2,(H,14,16). The van der Waals surface area contributed by atoms with Crippen LogP contribution in [0.1, 0.15) is 16.1 Å². The molecule has 0 spiro atoms. The Labute approximate surface area is 93.4 Å². The number of hydrogen-bond acceptors (Lipinski definition) is 3. The van der Waals surface area contributed by atoms with Gasteiger partial charge in [0.1, 0.15) is 6.33 Å².